The van der Waals surface area contributed by atoms with E-state index in [0.29, 0.717) is 24.3 Å². The third-order valence-corrected chi connectivity index (χ3v) is 7.08. The first-order valence-corrected chi connectivity index (χ1v) is 11.5. The van der Waals surface area contributed by atoms with Crippen LogP contribution in [0.25, 0.3) is 0 Å². The van der Waals surface area contributed by atoms with Gasteiger partial charge in [-0.2, -0.15) is 0 Å². The predicted octanol–water partition coefficient (Wildman–Crippen LogP) is 5.41. The molecule has 3 aliphatic rings. The number of methoxy groups -OCH3 is 2. The Bertz CT molecular complexity index is 990. The molecular weight excluding hydrogens is 402 g/mol. The van der Waals surface area contributed by atoms with Gasteiger partial charge < -0.3 is 14.4 Å². The number of ketones is 2. The number of nitrogens with zero attached hydrogens (tertiary/aromatic N) is 1. The molecule has 0 spiro atoms. The normalized spacial score (nSPS) is 22.7. The van der Waals surface area contributed by atoms with Crippen molar-refractivity contribution in [3.63, 3.8) is 0 Å². The van der Waals surface area contributed by atoms with E-state index < -0.39 is 0 Å². The lowest BCUT2D eigenvalue weighted by molar-refractivity contribution is -0.119. The second kappa shape index (κ2) is 7.79. The average molecular weight is 438 g/mol. The van der Waals surface area contributed by atoms with Crippen molar-refractivity contribution < 1.29 is 19.1 Å². The number of benzene rings is 1. The van der Waals surface area contributed by atoms with Crippen LogP contribution in [-0.2, 0) is 9.59 Å². The molecule has 0 bridgehead atoms. The van der Waals surface area contributed by atoms with Gasteiger partial charge in [-0.3, -0.25) is 9.59 Å². The van der Waals surface area contributed by atoms with Crippen LogP contribution in [0.2, 0.25) is 0 Å². The van der Waals surface area contributed by atoms with E-state index in [2.05, 4.69) is 39.5 Å². The van der Waals surface area contributed by atoms with E-state index in [-0.39, 0.29) is 28.3 Å². The lowest BCUT2D eigenvalue weighted by Gasteiger charge is -2.48. The van der Waals surface area contributed by atoms with Gasteiger partial charge in [-0.05, 0) is 48.3 Å². The standard InChI is InChI=1S/C27H35NO4/c1-8-28-17-12-26(2,3)14-19(29)24(17)23(16-9-10-21(31-6)22(11-16)32-7)25-18(28)13-27(4,5)15-20(25)30/h9-11,23H,8,12-15H2,1-7H3. The Morgan fingerprint density at radius 1 is 0.844 bits per heavy atom. The highest BCUT2D eigenvalue weighted by atomic mass is 16.5. The molecule has 0 atom stereocenters. The summed E-state index contributed by atoms with van der Waals surface area (Å²) in [6, 6.07) is 5.78. The molecule has 0 radical (unpaired) electrons. The molecule has 5 nitrogen and oxygen atoms in total. The summed E-state index contributed by atoms with van der Waals surface area (Å²) in [7, 11) is 3.22. The van der Waals surface area contributed by atoms with Crippen LogP contribution in [0.5, 0.6) is 11.5 Å². The monoisotopic (exact) mass is 437 g/mol. The summed E-state index contributed by atoms with van der Waals surface area (Å²) in [5.74, 6) is 1.20. The van der Waals surface area contributed by atoms with Crippen LogP contribution in [0, 0.1) is 10.8 Å². The van der Waals surface area contributed by atoms with E-state index in [0.717, 1.165) is 47.5 Å². The second-order valence-electron chi connectivity index (χ2n) is 10.9. The lowest BCUT2D eigenvalue weighted by atomic mass is 9.63. The summed E-state index contributed by atoms with van der Waals surface area (Å²) in [6.07, 6.45) is 2.65. The number of ether oxygens (including phenoxy) is 2. The first-order chi connectivity index (χ1) is 15.0. The summed E-state index contributed by atoms with van der Waals surface area (Å²) in [5.41, 5.74) is 4.50. The van der Waals surface area contributed by atoms with Crippen LogP contribution in [0.1, 0.15) is 71.8 Å². The van der Waals surface area contributed by atoms with Crippen molar-refractivity contribution >= 4 is 11.6 Å². The van der Waals surface area contributed by atoms with Gasteiger partial charge in [-0.1, -0.05) is 33.8 Å². The van der Waals surface area contributed by atoms with Crippen molar-refractivity contribution in [3.05, 3.63) is 46.3 Å². The predicted molar refractivity (Wildman–Crippen MR) is 125 cm³/mol. The number of carbonyl (C=O) groups excluding carboxylic acids is 2. The maximum atomic E-state index is 13.6. The summed E-state index contributed by atoms with van der Waals surface area (Å²) < 4.78 is 11.0. The van der Waals surface area contributed by atoms with Gasteiger partial charge in [-0.25, -0.2) is 0 Å². The van der Waals surface area contributed by atoms with Crippen molar-refractivity contribution in [3.8, 4) is 11.5 Å². The minimum atomic E-state index is -0.352. The topological polar surface area (TPSA) is 55.8 Å². The molecule has 0 unspecified atom stereocenters. The van der Waals surface area contributed by atoms with Gasteiger partial charge in [-0.15, -0.1) is 0 Å². The molecule has 1 aromatic carbocycles. The first kappa shape index (κ1) is 22.6. The van der Waals surface area contributed by atoms with Crippen molar-refractivity contribution in [2.24, 2.45) is 10.8 Å². The Morgan fingerprint density at radius 2 is 1.34 bits per heavy atom. The highest BCUT2D eigenvalue weighted by Gasteiger charge is 2.48. The molecule has 1 heterocycles. The minimum absolute atomic E-state index is 0.0995. The van der Waals surface area contributed by atoms with Crippen molar-refractivity contribution in [2.75, 3.05) is 20.8 Å². The Kier molecular flexibility index (Phi) is 5.51. The summed E-state index contributed by atoms with van der Waals surface area (Å²) in [4.78, 5) is 29.5. The number of hydrogen-bond donors (Lipinski definition) is 0. The van der Waals surface area contributed by atoms with Gasteiger partial charge in [0, 0.05) is 47.8 Å². The van der Waals surface area contributed by atoms with Crippen LogP contribution in [0.15, 0.2) is 40.7 Å². The van der Waals surface area contributed by atoms with Crippen LogP contribution < -0.4 is 9.47 Å². The van der Waals surface area contributed by atoms with Gasteiger partial charge in [0.1, 0.15) is 0 Å². The SMILES string of the molecule is CCN1C2=C(C(=O)CC(C)(C)C2)C(c2ccc(OC)c(OC)c2)C2=C1CC(C)(C)CC2=O. The van der Waals surface area contributed by atoms with Crippen LogP contribution >= 0.6 is 0 Å². The van der Waals surface area contributed by atoms with Crippen molar-refractivity contribution in [2.45, 2.75) is 66.2 Å². The van der Waals surface area contributed by atoms with E-state index in [9.17, 15) is 9.59 Å². The molecule has 0 saturated carbocycles. The summed E-state index contributed by atoms with van der Waals surface area (Å²) in [6.45, 7) is 11.5. The lowest BCUT2D eigenvalue weighted by Crippen LogP contribution is -2.44. The zero-order valence-electron chi connectivity index (χ0n) is 20.4. The van der Waals surface area contributed by atoms with Gasteiger partial charge in [0.05, 0.1) is 14.2 Å². The van der Waals surface area contributed by atoms with Crippen LogP contribution in [0.4, 0.5) is 0 Å². The summed E-state index contributed by atoms with van der Waals surface area (Å²) in [5, 5.41) is 0. The molecule has 172 valence electrons. The largest absolute Gasteiger partial charge is 0.493 e. The zero-order valence-corrected chi connectivity index (χ0v) is 20.4. The van der Waals surface area contributed by atoms with Crippen molar-refractivity contribution in [1.82, 2.24) is 4.90 Å². The maximum Gasteiger partial charge on any atom is 0.162 e. The number of Topliss-reactive ketones (excluding diaryl/α,β-unsaturated/α-hetero) is 2. The fourth-order valence-corrected chi connectivity index (χ4v) is 5.80. The third kappa shape index (κ3) is 3.66. The first-order valence-electron chi connectivity index (χ1n) is 11.5. The molecule has 32 heavy (non-hydrogen) atoms. The summed E-state index contributed by atoms with van der Waals surface area (Å²) >= 11 is 0. The smallest absolute Gasteiger partial charge is 0.162 e. The Morgan fingerprint density at radius 3 is 1.78 bits per heavy atom. The van der Waals surface area contributed by atoms with E-state index in [1.807, 2.05) is 18.2 Å². The van der Waals surface area contributed by atoms with E-state index in [4.69, 9.17) is 9.47 Å². The van der Waals surface area contributed by atoms with Gasteiger partial charge in [0.2, 0.25) is 0 Å². The minimum Gasteiger partial charge on any atom is -0.493 e. The van der Waals surface area contributed by atoms with Gasteiger partial charge in [0.25, 0.3) is 0 Å². The molecular formula is C27H35NO4. The highest BCUT2D eigenvalue weighted by molar-refractivity contribution is 6.06. The Labute approximate surface area is 191 Å². The molecule has 1 aromatic rings. The van der Waals surface area contributed by atoms with Gasteiger partial charge in [0.15, 0.2) is 23.1 Å². The number of hydrogen-bond acceptors (Lipinski definition) is 5. The fourth-order valence-electron chi connectivity index (χ4n) is 5.80. The fraction of sp³-hybridized carbons (Fsp3) is 0.556. The molecule has 0 aromatic heterocycles. The molecule has 0 fully saturated rings. The molecule has 5 heteroatoms. The molecule has 2 aliphatic carbocycles. The maximum absolute atomic E-state index is 13.6. The van der Waals surface area contributed by atoms with Crippen molar-refractivity contribution in [1.29, 1.82) is 0 Å². The molecule has 0 saturated heterocycles. The molecule has 1 aliphatic heterocycles. The zero-order chi connectivity index (χ0) is 23.4. The van der Waals surface area contributed by atoms with E-state index in [1.165, 1.54) is 0 Å². The number of rotatable bonds is 4. The Balaban J connectivity index is 1.99. The average Bonchev–Trinajstić information content (AvgIpc) is 2.70. The van der Waals surface area contributed by atoms with Crippen LogP contribution in [0.3, 0.4) is 0 Å². The van der Waals surface area contributed by atoms with E-state index >= 15 is 0 Å². The molecule has 0 amide bonds. The number of carbonyl (C=O) groups is 2. The second-order valence-corrected chi connectivity index (χ2v) is 10.9. The van der Waals surface area contributed by atoms with E-state index in [1.54, 1.807) is 14.2 Å². The molecule has 0 N–H and O–H groups in total. The quantitative estimate of drug-likeness (QED) is 0.630. The third-order valence-electron chi connectivity index (χ3n) is 7.08. The van der Waals surface area contributed by atoms with Gasteiger partial charge >= 0.3 is 0 Å². The number of allylic oxidation sites excluding steroid dienone is 4. The highest BCUT2D eigenvalue weighted by Crippen LogP contribution is 2.54. The molecule has 4 rings (SSSR count). The van der Waals surface area contributed by atoms with Crippen LogP contribution in [-0.4, -0.2) is 37.2 Å². The Hall–Kier alpha value is -2.56.